The van der Waals surface area contributed by atoms with E-state index >= 15 is 0 Å². The minimum atomic E-state index is -0.777. The standard InChI is InChI=1S/C17H22N4O4/c1-10-7-13(12(3)21(10)11(2)8-24-4)14(22)9-25-17(23)15-16(18)20-6-5-19-15/h5-7,11H,8-9H2,1-4H3,(H2,18,20)/t11-/m0/s1. The number of carbonyl (C=O) groups excluding carboxylic acids is 2. The summed E-state index contributed by atoms with van der Waals surface area (Å²) in [7, 11) is 1.63. The number of aryl methyl sites for hydroxylation is 1. The van der Waals surface area contributed by atoms with Crippen LogP contribution in [-0.2, 0) is 9.47 Å². The van der Waals surface area contributed by atoms with E-state index in [1.807, 2.05) is 25.3 Å². The average Bonchev–Trinajstić information content (AvgIpc) is 2.87. The number of aromatic nitrogens is 3. The fourth-order valence-corrected chi connectivity index (χ4v) is 2.84. The second kappa shape index (κ2) is 7.89. The molecule has 0 aliphatic carbocycles. The van der Waals surface area contributed by atoms with Gasteiger partial charge < -0.3 is 19.8 Å². The molecule has 0 saturated heterocycles. The normalized spacial score (nSPS) is 12.0. The van der Waals surface area contributed by atoms with Crippen LogP contribution in [0.25, 0.3) is 0 Å². The fraction of sp³-hybridized carbons (Fsp3) is 0.412. The molecule has 2 heterocycles. The summed E-state index contributed by atoms with van der Waals surface area (Å²) < 4.78 is 12.2. The van der Waals surface area contributed by atoms with Gasteiger partial charge in [0.25, 0.3) is 0 Å². The first-order valence-corrected chi connectivity index (χ1v) is 7.81. The van der Waals surface area contributed by atoms with Crippen LogP contribution >= 0.6 is 0 Å². The molecule has 2 aromatic rings. The molecule has 0 spiro atoms. The highest BCUT2D eigenvalue weighted by Crippen LogP contribution is 2.21. The molecule has 0 amide bonds. The van der Waals surface area contributed by atoms with Gasteiger partial charge in [0.2, 0.25) is 5.78 Å². The van der Waals surface area contributed by atoms with Gasteiger partial charge in [0.1, 0.15) is 0 Å². The van der Waals surface area contributed by atoms with E-state index in [4.69, 9.17) is 15.2 Å². The van der Waals surface area contributed by atoms with Gasteiger partial charge in [-0.15, -0.1) is 0 Å². The molecule has 2 rings (SSSR count). The molecular weight excluding hydrogens is 324 g/mol. The zero-order chi connectivity index (χ0) is 18.6. The summed E-state index contributed by atoms with van der Waals surface area (Å²) in [6, 6.07) is 1.88. The number of hydrogen-bond donors (Lipinski definition) is 1. The minimum Gasteiger partial charge on any atom is -0.452 e. The second-order valence-electron chi connectivity index (χ2n) is 5.75. The third-order valence-corrected chi connectivity index (χ3v) is 3.89. The quantitative estimate of drug-likeness (QED) is 0.600. The van der Waals surface area contributed by atoms with Crippen molar-refractivity contribution in [2.24, 2.45) is 0 Å². The predicted molar refractivity (Wildman–Crippen MR) is 91.6 cm³/mol. The molecule has 1 atom stereocenters. The number of anilines is 1. The first kappa shape index (κ1) is 18.6. The highest BCUT2D eigenvalue weighted by atomic mass is 16.5. The van der Waals surface area contributed by atoms with Crippen LogP contribution in [0, 0.1) is 13.8 Å². The largest absolute Gasteiger partial charge is 0.452 e. The summed E-state index contributed by atoms with van der Waals surface area (Å²) in [4.78, 5) is 32.0. The van der Waals surface area contributed by atoms with E-state index in [1.165, 1.54) is 12.4 Å². The summed E-state index contributed by atoms with van der Waals surface area (Å²) in [5.74, 6) is -1.10. The summed E-state index contributed by atoms with van der Waals surface area (Å²) in [5.41, 5.74) is 7.73. The fourth-order valence-electron chi connectivity index (χ4n) is 2.84. The van der Waals surface area contributed by atoms with Crippen molar-refractivity contribution in [1.82, 2.24) is 14.5 Å². The Hall–Kier alpha value is -2.74. The molecule has 8 heteroatoms. The van der Waals surface area contributed by atoms with E-state index in [-0.39, 0.29) is 23.3 Å². The molecule has 0 aliphatic rings. The van der Waals surface area contributed by atoms with E-state index in [9.17, 15) is 9.59 Å². The zero-order valence-electron chi connectivity index (χ0n) is 14.8. The number of hydrogen-bond acceptors (Lipinski definition) is 7. The van der Waals surface area contributed by atoms with Gasteiger partial charge >= 0.3 is 5.97 Å². The number of ketones is 1. The van der Waals surface area contributed by atoms with Crippen molar-refractivity contribution >= 4 is 17.6 Å². The lowest BCUT2D eigenvalue weighted by Gasteiger charge is -2.17. The SMILES string of the molecule is COC[C@H](C)n1c(C)cc(C(=O)COC(=O)c2nccnc2N)c1C. The van der Waals surface area contributed by atoms with Crippen molar-refractivity contribution in [3.63, 3.8) is 0 Å². The highest BCUT2D eigenvalue weighted by Gasteiger charge is 2.21. The molecule has 2 aromatic heterocycles. The van der Waals surface area contributed by atoms with Crippen molar-refractivity contribution in [3.8, 4) is 0 Å². The summed E-state index contributed by atoms with van der Waals surface area (Å²) in [6.07, 6.45) is 2.70. The number of nitrogen functional groups attached to an aromatic ring is 1. The Balaban J connectivity index is 2.10. The Morgan fingerprint density at radius 2 is 1.96 bits per heavy atom. The van der Waals surface area contributed by atoms with Crippen LogP contribution in [0.1, 0.15) is 45.2 Å². The Labute approximate surface area is 146 Å². The second-order valence-corrected chi connectivity index (χ2v) is 5.75. The summed E-state index contributed by atoms with van der Waals surface area (Å²) >= 11 is 0. The van der Waals surface area contributed by atoms with Crippen molar-refractivity contribution in [1.29, 1.82) is 0 Å². The first-order chi connectivity index (χ1) is 11.9. The van der Waals surface area contributed by atoms with Gasteiger partial charge in [-0.3, -0.25) is 4.79 Å². The maximum atomic E-state index is 12.4. The zero-order valence-corrected chi connectivity index (χ0v) is 14.8. The van der Waals surface area contributed by atoms with Crippen LogP contribution in [0.4, 0.5) is 5.82 Å². The maximum absolute atomic E-state index is 12.4. The van der Waals surface area contributed by atoms with E-state index < -0.39 is 12.6 Å². The Morgan fingerprint density at radius 1 is 1.28 bits per heavy atom. The van der Waals surface area contributed by atoms with Gasteiger partial charge in [0, 0.05) is 36.5 Å². The number of methoxy groups -OCH3 is 1. The Morgan fingerprint density at radius 3 is 2.60 bits per heavy atom. The molecule has 0 saturated carbocycles. The lowest BCUT2D eigenvalue weighted by atomic mass is 10.1. The van der Waals surface area contributed by atoms with Crippen molar-refractivity contribution in [3.05, 3.63) is 41.1 Å². The van der Waals surface area contributed by atoms with E-state index in [0.29, 0.717) is 12.2 Å². The summed E-state index contributed by atoms with van der Waals surface area (Å²) in [6.45, 7) is 5.93. The summed E-state index contributed by atoms with van der Waals surface area (Å²) in [5, 5.41) is 0. The molecule has 134 valence electrons. The number of esters is 1. The van der Waals surface area contributed by atoms with Crippen molar-refractivity contribution < 1.29 is 19.1 Å². The third-order valence-electron chi connectivity index (χ3n) is 3.89. The molecule has 25 heavy (non-hydrogen) atoms. The highest BCUT2D eigenvalue weighted by molar-refractivity contribution is 6.00. The van der Waals surface area contributed by atoms with Crippen LogP contribution in [-0.4, -0.2) is 46.6 Å². The molecule has 2 N–H and O–H groups in total. The van der Waals surface area contributed by atoms with E-state index in [2.05, 4.69) is 9.97 Å². The molecule has 0 fully saturated rings. The van der Waals surface area contributed by atoms with Crippen LogP contribution in [0.15, 0.2) is 18.5 Å². The predicted octanol–water partition coefficient (Wildman–Crippen LogP) is 1.72. The molecule has 0 unspecified atom stereocenters. The number of carbonyl (C=O) groups is 2. The van der Waals surface area contributed by atoms with E-state index in [0.717, 1.165) is 11.4 Å². The lowest BCUT2D eigenvalue weighted by Crippen LogP contribution is -2.18. The van der Waals surface area contributed by atoms with Gasteiger partial charge in [-0.05, 0) is 26.8 Å². The van der Waals surface area contributed by atoms with Crippen molar-refractivity contribution in [2.45, 2.75) is 26.8 Å². The number of nitrogens with zero attached hydrogens (tertiary/aromatic N) is 3. The maximum Gasteiger partial charge on any atom is 0.361 e. The van der Waals surface area contributed by atoms with Gasteiger partial charge in [-0.1, -0.05) is 0 Å². The van der Waals surface area contributed by atoms with Gasteiger partial charge in [-0.2, -0.15) is 0 Å². The molecule has 0 aromatic carbocycles. The van der Waals surface area contributed by atoms with Crippen LogP contribution in [0.5, 0.6) is 0 Å². The topological polar surface area (TPSA) is 109 Å². The van der Waals surface area contributed by atoms with Crippen LogP contribution in [0.3, 0.4) is 0 Å². The molecule has 0 bridgehead atoms. The lowest BCUT2D eigenvalue weighted by molar-refractivity contribution is 0.0469. The number of ether oxygens (including phenoxy) is 2. The van der Waals surface area contributed by atoms with E-state index in [1.54, 1.807) is 13.2 Å². The minimum absolute atomic E-state index is 0.0356. The Kier molecular flexibility index (Phi) is 5.87. The smallest absolute Gasteiger partial charge is 0.361 e. The third kappa shape index (κ3) is 4.03. The van der Waals surface area contributed by atoms with Crippen molar-refractivity contribution in [2.75, 3.05) is 26.1 Å². The molecular formula is C17H22N4O4. The monoisotopic (exact) mass is 346 g/mol. The average molecular weight is 346 g/mol. The van der Waals surface area contributed by atoms with Gasteiger partial charge in [-0.25, -0.2) is 14.8 Å². The molecule has 8 nitrogen and oxygen atoms in total. The van der Waals surface area contributed by atoms with Gasteiger partial charge in [0.05, 0.1) is 12.6 Å². The van der Waals surface area contributed by atoms with Crippen LogP contribution < -0.4 is 5.73 Å². The first-order valence-electron chi connectivity index (χ1n) is 7.81. The number of rotatable bonds is 7. The number of nitrogens with two attached hydrogens (primary N) is 1. The molecule has 0 radical (unpaired) electrons. The molecule has 0 aliphatic heterocycles. The number of Topliss-reactive ketones (excluding diaryl/α,β-unsaturated/α-hetero) is 1. The van der Waals surface area contributed by atoms with Gasteiger partial charge in [0.15, 0.2) is 18.1 Å². The van der Waals surface area contributed by atoms with Crippen LogP contribution in [0.2, 0.25) is 0 Å². The Bertz CT molecular complexity index is 785.